The fourth-order valence-electron chi connectivity index (χ4n) is 2.75. The molecule has 21 heavy (non-hydrogen) atoms. The molecule has 0 aromatic rings. The van der Waals surface area contributed by atoms with Gasteiger partial charge in [0.15, 0.2) is 0 Å². The topological polar surface area (TPSA) is 55.8 Å². The predicted molar refractivity (Wildman–Crippen MR) is 81.0 cm³/mol. The molecule has 0 aliphatic carbocycles. The molecule has 0 saturated carbocycles. The summed E-state index contributed by atoms with van der Waals surface area (Å²) in [7, 11) is 1.38. The summed E-state index contributed by atoms with van der Waals surface area (Å²) >= 11 is 0. The van der Waals surface area contributed by atoms with Crippen LogP contribution in [0.2, 0.25) is 0 Å². The second-order valence-electron chi connectivity index (χ2n) is 7.19. The number of ether oxygens (including phenoxy) is 2. The smallest absolute Gasteiger partial charge is 0.411 e. The number of rotatable bonds is 4. The van der Waals surface area contributed by atoms with Gasteiger partial charge in [-0.3, -0.25) is 4.90 Å². The van der Waals surface area contributed by atoms with Crippen LogP contribution in [0.15, 0.2) is 0 Å². The van der Waals surface area contributed by atoms with Gasteiger partial charge in [-0.15, -0.1) is 0 Å². The minimum absolute atomic E-state index is 0.327. The van der Waals surface area contributed by atoms with Crippen LogP contribution in [-0.4, -0.2) is 41.8 Å². The minimum Gasteiger partial charge on any atom is -0.467 e. The molecule has 5 heteroatoms. The number of carbonyl (C=O) groups is 2. The summed E-state index contributed by atoms with van der Waals surface area (Å²) in [5, 5.41) is 0. The van der Waals surface area contributed by atoms with Crippen molar-refractivity contribution in [2.75, 3.05) is 13.7 Å². The normalized spacial score (nSPS) is 22.5. The number of esters is 1. The van der Waals surface area contributed by atoms with E-state index < -0.39 is 17.2 Å². The fourth-order valence-corrected chi connectivity index (χ4v) is 2.75. The maximum atomic E-state index is 12.4. The Morgan fingerprint density at radius 2 is 1.90 bits per heavy atom. The van der Waals surface area contributed by atoms with Crippen molar-refractivity contribution in [3.8, 4) is 0 Å². The van der Waals surface area contributed by atoms with Crippen LogP contribution in [0.3, 0.4) is 0 Å². The molecule has 0 radical (unpaired) electrons. The number of carbonyl (C=O) groups excluding carboxylic acids is 2. The molecule has 0 N–H and O–H groups in total. The van der Waals surface area contributed by atoms with Gasteiger partial charge in [0, 0.05) is 6.54 Å². The number of nitrogens with zero attached hydrogens (tertiary/aromatic N) is 1. The Balaban J connectivity index is 2.98. The lowest BCUT2D eigenvalue weighted by Gasteiger charge is -2.37. The molecule has 0 bridgehead atoms. The Labute approximate surface area is 128 Å². The number of hydrogen-bond donors (Lipinski definition) is 0. The van der Waals surface area contributed by atoms with Crippen LogP contribution in [0.5, 0.6) is 0 Å². The number of amides is 1. The van der Waals surface area contributed by atoms with Crippen molar-refractivity contribution < 1.29 is 19.1 Å². The van der Waals surface area contributed by atoms with E-state index in [2.05, 4.69) is 13.8 Å². The van der Waals surface area contributed by atoms with Crippen LogP contribution in [-0.2, 0) is 14.3 Å². The molecule has 0 aromatic carbocycles. The van der Waals surface area contributed by atoms with E-state index in [9.17, 15) is 9.59 Å². The summed E-state index contributed by atoms with van der Waals surface area (Å²) in [5.41, 5.74) is -1.43. The van der Waals surface area contributed by atoms with E-state index >= 15 is 0 Å². The molecular formula is C16H29NO4. The van der Waals surface area contributed by atoms with Crippen LogP contribution >= 0.6 is 0 Å². The first kappa shape index (κ1) is 17.8. The van der Waals surface area contributed by atoms with Crippen molar-refractivity contribution in [1.82, 2.24) is 4.90 Å². The fraction of sp³-hybridized carbons (Fsp3) is 0.875. The van der Waals surface area contributed by atoms with Crippen LogP contribution in [0.25, 0.3) is 0 Å². The van der Waals surface area contributed by atoms with Crippen LogP contribution in [0, 0.1) is 5.92 Å². The zero-order valence-corrected chi connectivity index (χ0v) is 14.2. The highest BCUT2D eigenvalue weighted by atomic mass is 16.6. The van der Waals surface area contributed by atoms with Crippen molar-refractivity contribution in [3.05, 3.63) is 0 Å². The molecule has 1 aliphatic rings. The maximum absolute atomic E-state index is 12.4. The molecule has 0 spiro atoms. The van der Waals surface area contributed by atoms with E-state index in [0.29, 0.717) is 25.3 Å². The van der Waals surface area contributed by atoms with E-state index in [0.717, 1.165) is 12.8 Å². The SMILES string of the molecule is COC(=O)C1(CCC(C)C)CCCN1C(=O)OC(C)(C)C. The first-order valence-electron chi connectivity index (χ1n) is 7.71. The summed E-state index contributed by atoms with van der Waals surface area (Å²) in [5.74, 6) is 0.138. The Hall–Kier alpha value is -1.26. The summed E-state index contributed by atoms with van der Waals surface area (Å²) in [6, 6.07) is 0. The summed E-state index contributed by atoms with van der Waals surface area (Å²) < 4.78 is 10.4. The van der Waals surface area contributed by atoms with Gasteiger partial charge in [-0.25, -0.2) is 9.59 Å². The standard InChI is InChI=1S/C16H29NO4/c1-12(2)8-10-16(13(18)20-6)9-7-11-17(16)14(19)21-15(3,4)5/h12H,7-11H2,1-6H3. The van der Waals surface area contributed by atoms with Crippen LogP contribution in [0.1, 0.15) is 60.3 Å². The molecule has 1 aliphatic heterocycles. The van der Waals surface area contributed by atoms with Gasteiger partial charge in [0.05, 0.1) is 7.11 Å². The molecule has 1 unspecified atom stereocenters. The largest absolute Gasteiger partial charge is 0.467 e. The van der Waals surface area contributed by atoms with Crippen molar-refractivity contribution in [1.29, 1.82) is 0 Å². The van der Waals surface area contributed by atoms with Crippen molar-refractivity contribution in [2.45, 2.75) is 71.4 Å². The number of likely N-dealkylation sites (tertiary alicyclic amines) is 1. The summed E-state index contributed by atoms with van der Waals surface area (Å²) in [6.07, 6.45) is 2.51. The third-order valence-corrected chi connectivity index (χ3v) is 3.80. The Morgan fingerprint density at radius 3 is 2.38 bits per heavy atom. The van der Waals surface area contributed by atoms with E-state index in [1.165, 1.54) is 7.11 Å². The quantitative estimate of drug-likeness (QED) is 0.747. The second kappa shape index (κ2) is 6.67. The minimum atomic E-state index is -0.860. The van der Waals surface area contributed by atoms with Crippen molar-refractivity contribution in [3.63, 3.8) is 0 Å². The highest BCUT2D eigenvalue weighted by Crippen LogP contribution is 2.37. The van der Waals surface area contributed by atoms with Gasteiger partial charge in [0.25, 0.3) is 0 Å². The number of hydrogen-bond acceptors (Lipinski definition) is 4. The van der Waals surface area contributed by atoms with Crippen molar-refractivity contribution in [2.24, 2.45) is 5.92 Å². The molecule has 1 atom stereocenters. The van der Waals surface area contributed by atoms with E-state index in [-0.39, 0.29) is 5.97 Å². The monoisotopic (exact) mass is 299 g/mol. The zero-order chi connectivity index (χ0) is 16.3. The lowest BCUT2D eigenvalue weighted by molar-refractivity contribution is -0.153. The molecule has 122 valence electrons. The zero-order valence-electron chi connectivity index (χ0n) is 14.2. The van der Waals surface area contributed by atoms with Gasteiger partial charge in [0.1, 0.15) is 11.1 Å². The van der Waals surface area contributed by atoms with E-state index in [1.807, 2.05) is 20.8 Å². The molecular weight excluding hydrogens is 270 g/mol. The van der Waals surface area contributed by atoms with Crippen molar-refractivity contribution >= 4 is 12.1 Å². The Morgan fingerprint density at radius 1 is 1.29 bits per heavy atom. The molecule has 1 amide bonds. The molecule has 0 aromatic heterocycles. The third-order valence-electron chi connectivity index (χ3n) is 3.80. The third kappa shape index (κ3) is 4.35. The molecule has 1 fully saturated rings. The molecule has 5 nitrogen and oxygen atoms in total. The van der Waals surface area contributed by atoms with Crippen LogP contribution in [0.4, 0.5) is 4.79 Å². The Kier molecular flexibility index (Phi) is 5.65. The van der Waals surface area contributed by atoms with Gasteiger partial charge >= 0.3 is 12.1 Å². The molecule has 1 rings (SSSR count). The van der Waals surface area contributed by atoms with Gasteiger partial charge in [-0.1, -0.05) is 13.8 Å². The lowest BCUT2D eigenvalue weighted by Crippen LogP contribution is -2.54. The van der Waals surface area contributed by atoms with Gasteiger partial charge in [-0.05, 0) is 52.4 Å². The maximum Gasteiger partial charge on any atom is 0.411 e. The summed E-state index contributed by atoms with van der Waals surface area (Å²) in [4.78, 5) is 26.4. The van der Waals surface area contributed by atoms with Gasteiger partial charge in [0.2, 0.25) is 0 Å². The van der Waals surface area contributed by atoms with E-state index in [4.69, 9.17) is 9.47 Å². The summed E-state index contributed by atoms with van der Waals surface area (Å²) in [6.45, 7) is 10.2. The van der Waals surface area contributed by atoms with Gasteiger partial charge in [-0.2, -0.15) is 0 Å². The second-order valence-corrected chi connectivity index (χ2v) is 7.19. The molecule has 1 heterocycles. The predicted octanol–water partition coefficient (Wildman–Crippen LogP) is 3.37. The first-order valence-corrected chi connectivity index (χ1v) is 7.71. The van der Waals surface area contributed by atoms with Crippen LogP contribution < -0.4 is 0 Å². The highest BCUT2D eigenvalue weighted by molar-refractivity contribution is 5.86. The first-order chi connectivity index (χ1) is 9.62. The number of methoxy groups -OCH3 is 1. The van der Waals surface area contributed by atoms with E-state index in [1.54, 1.807) is 4.90 Å². The van der Waals surface area contributed by atoms with Gasteiger partial charge < -0.3 is 9.47 Å². The molecule has 1 saturated heterocycles. The average molecular weight is 299 g/mol. The Bertz CT molecular complexity index is 386. The highest BCUT2D eigenvalue weighted by Gasteiger charge is 2.51. The average Bonchev–Trinajstić information content (AvgIpc) is 2.78. The lowest BCUT2D eigenvalue weighted by atomic mass is 9.87.